The molecule has 1 rings (SSSR count). The lowest BCUT2D eigenvalue weighted by atomic mass is 10.1. The molecule has 0 aromatic heterocycles. The molecular weight excluding hydrogens is 154 g/mol. The number of rotatable bonds is 2. The Hall–Kier alpha value is -0.630. The molecule has 11 heavy (non-hydrogen) atoms. The summed E-state index contributed by atoms with van der Waals surface area (Å²) in [7, 11) is 1.92. The van der Waals surface area contributed by atoms with Crippen molar-refractivity contribution in [1.82, 2.24) is 0 Å². The molecule has 1 nitrogen and oxygen atoms in total. The first-order valence-corrected chi connectivity index (χ1v) is 4.21. The number of hydrogen-bond acceptors (Lipinski definition) is 2. The Balaban J connectivity index is 2.83. The molecular formula is C9H13NS. The summed E-state index contributed by atoms with van der Waals surface area (Å²) in [5.74, 6) is 0. The maximum atomic E-state index is 4.33. The fourth-order valence-electron chi connectivity index (χ4n) is 0.928. The van der Waals surface area contributed by atoms with Crippen LogP contribution in [0.15, 0.2) is 24.3 Å². The molecule has 0 aliphatic carbocycles. The molecule has 0 fully saturated rings. The SMILES string of the molecule is CNc1ccc(C(C)S)cc1. The Morgan fingerprint density at radius 2 is 1.82 bits per heavy atom. The summed E-state index contributed by atoms with van der Waals surface area (Å²) >= 11 is 4.33. The van der Waals surface area contributed by atoms with Gasteiger partial charge in [-0.2, -0.15) is 12.6 Å². The van der Waals surface area contributed by atoms with E-state index in [0.717, 1.165) is 5.69 Å². The van der Waals surface area contributed by atoms with E-state index in [0.29, 0.717) is 5.25 Å². The molecule has 0 radical (unpaired) electrons. The first-order chi connectivity index (χ1) is 5.24. The predicted octanol–water partition coefficient (Wildman–Crippen LogP) is 2.72. The van der Waals surface area contributed by atoms with Gasteiger partial charge in [0.2, 0.25) is 0 Å². The van der Waals surface area contributed by atoms with Crippen molar-refractivity contribution in [3.05, 3.63) is 29.8 Å². The highest BCUT2D eigenvalue weighted by atomic mass is 32.1. The first-order valence-electron chi connectivity index (χ1n) is 3.70. The molecule has 1 aromatic carbocycles. The quantitative estimate of drug-likeness (QED) is 0.645. The number of benzene rings is 1. The predicted molar refractivity (Wildman–Crippen MR) is 53.4 cm³/mol. The molecule has 0 bridgehead atoms. The lowest BCUT2D eigenvalue weighted by Gasteiger charge is -2.05. The third-order valence-corrected chi connectivity index (χ3v) is 1.98. The van der Waals surface area contributed by atoms with Crippen LogP contribution >= 0.6 is 12.6 Å². The van der Waals surface area contributed by atoms with Crippen LogP contribution < -0.4 is 5.32 Å². The van der Waals surface area contributed by atoms with Gasteiger partial charge in [-0.1, -0.05) is 12.1 Å². The van der Waals surface area contributed by atoms with E-state index in [-0.39, 0.29) is 0 Å². The van der Waals surface area contributed by atoms with Crippen molar-refractivity contribution in [1.29, 1.82) is 0 Å². The highest BCUT2D eigenvalue weighted by Gasteiger charge is 1.97. The van der Waals surface area contributed by atoms with E-state index in [1.807, 2.05) is 7.05 Å². The van der Waals surface area contributed by atoms with Crippen LogP contribution in [0.5, 0.6) is 0 Å². The van der Waals surface area contributed by atoms with Gasteiger partial charge < -0.3 is 5.32 Å². The van der Waals surface area contributed by atoms with Crippen molar-refractivity contribution in [2.24, 2.45) is 0 Å². The van der Waals surface area contributed by atoms with Gasteiger partial charge in [0.05, 0.1) is 0 Å². The van der Waals surface area contributed by atoms with Crippen LogP contribution in [-0.2, 0) is 0 Å². The molecule has 1 aromatic rings. The molecule has 0 heterocycles. The maximum absolute atomic E-state index is 4.33. The Kier molecular flexibility index (Phi) is 2.83. The van der Waals surface area contributed by atoms with Crippen LogP contribution in [0.2, 0.25) is 0 Å². The summed E-state index contributed by atoms with van der Waals surface area (Å²) in [6.07, 6.45) is 0. The monoisotopic (exact) mass is 167 g/mol. The van der Waals surface area contributed by atoms with Gasteiger partial charge in [-0.15, -0.1) is 0 Å². The second-order valence-electron chi connectivity index (χ2n) is 2.55. The summed E-state index contributed by atoms with van der Waals surface area (Å²) in [6, 6.07) is 8.29. The van der Waals surface area contributed by atoms with Crippen LogP contribution in [0, 0.1) is 0 Å². The molecule has 0 amide bonds. The normalized spacial score (nSPS) is 12.6. The van der Waals surface area contributed by atoms with E-state index < -0.39 is 0 Å². The molecule has 60 valence electrons. The summed E-state index contributed by atoms with van der Waals surface area (Å²) in [5.41, 5.74) is 2.40. The Morgan fingerprint density at radius 1 is 1.27 bits per heavy atom. The van der Waals surface area contributed by atoms with Crippen LogP contribution in [0.4, 0.5) is 5.69 Å². The minimum atomic E-state index is 0.320. The third-order valence-electron chi connectivity index (χ3n) is 1.68. The molecule has 0 spiro atoms. The Bertz CT molecular complexity index is 216. The van der Waals surface area contributed by atoms with Crippen molar-refractivity contribution in [3.63, 3.8) is 0 Å². The van der Waals surface area contributed by atoms with E-state index in [1.54, 1.807) is 0 Å². The van der Waals surface area contributed by atoms with Gasteiger partial charge in [0, 0.05) is 18.0 Å². The van der Waals surface area contributed by atoms with Crippen molar-refractivity contribution in [3.8, 4) is 0 Å². The van der Waals surface area contributed by atoms with E-state index in [4.69, 9.17) is 0 Å². The summed E-state index contributed by atoms with van der Waals surface area (Å²) in [6.45, 7) is 2.07. The highest BCUT2D eigenvalue weighted by Crippen LogP contribution is 2.19. The first kappa shape index (κ1) is 8.47. The van der Waals surface area contributed by atoms with E-state index in [9.17, 15) is 0 Å². The molecule has 0 saturated heterocycles. The largest absolute Gasteiger partial charge is 0.388 e. The lowest BCUT2D eigenvalue weighted by molar-refractivity contribution is 1.11. The second kappa shape index (κ2) is 3.67. The van der Waals surface area contributed by atoms with Gasteiger partial charge in [0.25, 0.3) is 0 Å². The van der Waals surface area contributed by atoms with Gasteiger partial charge >= 0.3 is 0 Å². The fraction of sp³-hybridized carbons (Fsp3) is 0.333. The number of nitrogens with one attached hydrogen (secondary N) is 1. The van der Waals surface area contributed by atoms with Crippen molar-refractivity contribution in [2.75, 3.05) is 12.4 Å². The molecule has 0 aliphatic heterocycles. The smallest absolute Gasteiger partial charge is 0.0337 e. The van der Waals surface area contributed by atoms with Crippen LogP contribution in [-0.4, -0.2) is 7.05 Å². The number of thiol groups is 1. The summed E-state index contributed by atoms with van der Waals surface area (Å²) < 4.78 is 0. The second-order valence-corrected chi connectivity index (χ2v) is 3.32. The van der Waals surface area contributed by atoms with Crippen molar-refractivity contribution >= 4 is 18.3 Å². The fourth-order valence-corrected chi connectivity index (χ4v) is 1.10. The molecule has 0 saturated carbocycles. The van der Waals surface area contributed by atoms with E-state index in [1.165, 1.54) is 5.56 Å². The molecule has 2 heteroatoms. The van der Waals surface area contributed by atoms with Gasteiger partial charge in [0.1, 0.15) is 0 Å². The maximum Gasteiger partial charge on any atom is 0.0337 e. The number of hydrogen-bond donors (Lipinski definition) is 2. The van der Waals surface area contributed by atoms with Gasteiger partial charge in [-0.3, -0.25) is 0 Å². The zero-order valence-corrected chi connectivity index (χ0v) is 7.73. The van der Waals surface area contributed by atoms with Crippen molar-refractivity contribution < 1.29 is 0 Å². The Labute approximate surface area is 73.2 Å². The van der Waals surface area contributed by atoms with E-state index in [2.05, 4.69) is 49.1 Å². The molecule has 0 aliphatic rings. The van der Waals surface area contributed by atoms with Gasteiger partial charge in [-0.05, 0) is 24.6 Å². The average molecular weight is 167 g/mol. The standard InChI is InChI=1S/C9H13NS/c1-7(11)8-3-5-9(10-2)6-4-8/h3-7,10-11H,1-2H3. The molecule has 1 unspecified atom stereocenters. The van der Waals surface area contributed by atoms with Crippen LogP contribution in [0.3, 0.4) is 0 Å². The third kappa shape index (κ3) is 2.15. The topological polar surface area (TPSA) is 12.0 Å². The average Bonchev–Trinajstić information content (AvgIpc) is 2.05. The minimum absolute atomic E-state index is 0.320. The van der Waals surface area contributed by atoms with Gasteiger partial charge in [-0.25, -0.2) is 0 Å². The molecule has 1 atom stereocenters. The number of anilines is 1. The van der Waals surface area contributed by atoms with Gasteiger partial charge in [0.15, 0.2) is 0 Å². The van der Waals surface area contributed by atoms with Crippen molar-refractivity contribution in [2.45, 2.75) is 12.2 Å². The summed E-state index contributed by atoms with van der Waals surface area (Å²) in [4.78, 5) is 0. The highest BCUT2D eigenvalue weighted by molar-refractivity contribution is 7.80. The zero-order valence-electron chi connectivity index (χ0n) is 6.83. The van der Waals surface area contributed by atoms with Crippen LogP contribution in [0.1, 0.15) is 17.7 Å². The van der Waals surface area contributed by atoms with E-state index >= 15 is 0 Å². The van der Waals surface area contributed by atoms with Crippen LogP contribution in [0.25, 0.3) is 0 Å². The lowest BCUT2D eigenvalue weighted by Crippen LogP contribution is -1.88. The Morgan fingerprint density at radius 3 is 2.18 bits per heavy atom. The molecule has 1 N–H and O–H groups in total. The minimum Gasteiger partial charge on any atom is -0.388 e. The summed E-state index contributed by atoms with van der Waals surface area (Å²) in [5, 5.41) is 3.39. The zero-order chi connectivity index (χ0) is 8.27.